The Kier molecular flexibility index (Phi) is 4.17. The van der Waals surface area contributed by atoms with Gasteiger partial charge in [-0.3, -0.25) is 10.1 Å². The van der Waals surface area contributed by atoms with Gasteiger partial charge in [-0.2, -0.15) is 0 Å². The molecule has 1 heterocycles. The van der Waals surface area contributed by atoms with Gasteiger partial charge in [-0.1, -0.05) is 60.4 Å². The number of anilines is 1. The largest absolute Gasteiger partial charge is 0.296 e. The highest BCUT2D eigenvalue weighted by atomic mass is 32.2. The van der Waals surface area contributed by atoms with Crippen LogP contribution in [0.5, 0.6) is 0 Å². The van der Waals surface area contributed by atoms with Crippen molar-refractivity contribution in [1.29, 1.82) is 0 Å². The van der Waals surface area contributed by atoms with E-state index in [1.165, 1.54) is 11.3 Å². The second kappa shape index (κ2) is 6.24. The lowest BCUT2D eigenvalue weighted by molar-refractivity contribution is 0.102. The maximum Gasteiger partial charge on any atom is 0.257 e. The first-order valence-corrected chi connectivity index (χ1v) is 8.33. The summed E-state index contributed by atoms with van der Waals surface area (Å²) in [5, 5.41) is 13.5. The highest BCUT2D eigenvalue weighted by Crippen LogP contribution is 2.25. The molecule has 0 atom stereocenters. The second-order valence-electron chi connectivity index (χ2n) is 4.32. The smallest absolute Gasteiger partial charge is 0.257 e. The molecule has 6 heteroatoms. The van der Waals surface area contributed by atoms with E-state index in [9.17, 15) is 4.79 Å². The van der Waals surface area contributed by atoms with Crippen molar-refractivity contribution in [1.82, 2.24) is 10.2 Å². The fraction of sp³-hybridized carbons (Fsp3) is 0.133. The number of hydrogen-bond acceptors (Lipinski definition) is 5. The molecule has 0 saturated carbocycles. The summed E-state index contributed by atoms with van der Waals surface area (Å²) >= 11 is 3.01. The molecule has 0 radical (unpaired) electrons. The summed E-state index contributed by atoms with van der Waals surface area (Å²) in [6.07, 6.45) is 0. The number of hydrogen-bond donors (Lipinski definition) is 1. The first-order chi connectivity index (χ1) is 10.3. The van der Waals surface area contributed by atoms with Crippen LogP contribution in [0.15, 0.2) is 46.8 Å². The molecular weight excluding hydrogens is 302 g/mol. The van der Waals surface area contributed by atoms with Crippen LogP contribution in [-0.2, 0) is 0 Å². The van der Waals surface area contributed by atoms with Crippen LogP contribution < -0.4 is 5.32 Å². The molecule has 0 aliphatic heterocycles. The van der Waals surface area contributed by atoms with Crippen molar-refractivity contribution >= 4 is 44.9 Å². The number of fused-ring (bicyclic) bond motifs is 1. The van der Waals surface area contributed by atoms with Crippen molar-refractivity contribution in [2.75, 3.05) is 11.1 Å². The summed E-state index contributed by atoms with van der Waals surface area (Å²) in [6.45, 7) is 2.05. The van der Waals surface area contributed by atoms with Crippen LogP contribution in [0.2, 0.25) is 0 Å². The van der Waals surface area contributed by atoms with Crippen molar-refractivity contribution in [3.05, 3.63) is 48.0 Å². The van der Waals surface area contributed by atoms with Gasteiger partial charge in [0.2, 0.25) is 5.13 Å². The van der Waals surface area contributed by atoms with Gasteiger partial charge in [0.15, 0.2) is 4.34 Å². The third-order valence-corrected chi connectivity index (χ3v) is 4.76. The number of carbonyl (C=O) groups is 1. The zero-order valence-corrected chi connectivity index (χ0v) is 13.0. The third-order valence-electron chi connectivity index (χ3n) is 2.91. The Morgan fingerprint density at radius 3 is 2.81 bits per heavy atom. The number of nitrogens with zero attached hydrogens (tertiary/aromatic N) is 2. The molecule has 4 nitrogen and oxygen atoms in total. The van der Waals surface area contributed by atoms with E-state index in [1.807, 2.05) is 42.5 Å². The normalized spacial score (nSPS) is 10.7. The summed E-state index contributed by atoms with van der Waals surface area (Å²) in [7, 11) is 0. The maximum atomic E-state index is 12.2. The number of amides is 1. The van der Waals surface area contributed by atoms with Crippen LogP contribution in [0, 0.1) is 0 Å². The molecule has 3 aromatic rings. The van der Waals surface area contributed by atoms with Gasteiger partial charge in [0.05, 0.1) is 0 Å². The monoisotopic (exact) mass is 315 g/mol. The summed E-state index contributed by atoms with van der Waals surface area (Å²) in [6, 6.07) is 13.6. The summed E-state index contributed by atoms with van der Waals surface area (Å²) in [4.78, 5) is 12.2. The lowest BCUT2D eigenvalue weighted by atomic mass is 10.1. The van der Waals surface area contributed by atoms with E-state index in [2.05, 4.69) is 22.4 Å². The molecule has 1 aromatic heterocycles. The molecule has 0 aliphatic rings. The summed E-state index contributed by atoms with van der Waals surface area (Å²) < 4.78 is 0.867. The zero-order chi connectivity index (χ0) is 14.7. The van der Waals surface area contributed by atoms with Gasteiger partial charge in [0, 0.05) is 5.56 Å². The van der Waals surface area contributed by atoms with Gasteiger partial charge in [0.1, 0.15) is 0 Å². The lowest BCUT2D eigenvalue weighted by Gasteiger charge is -2.03. The number of benzene rings is 2. The topological polar surface area (TPSA) is 54.9 Å². The van der Waals surface area contributed by atoms with Crippen LogP contribution in [0.25, 0.3) is 10.8 Å². The molecule has 1 amide bonds. The maximum absolute atomic E-state index is 12.2. The van der Waals surface area contributed by atoms with Crippen molar-refractivity contribution < 1.29 is 4.79 Å². The SMILES string of the molecule is CCSc1nnc(NC(=O)c2ccc3ccccc3c2)s1. The molecule has 0 aliphatic carbocycles. The Labute approximate surface area is 130 Å². The molecule has 2 aromatic carbocycles. The van der Waals surface area contributed by atoms with Gasteiger partial charge < -0.3 is 0 Å². The lowest BCUT2D eigenvalue weighted by Crippen LogP contribution is -2.11. The van der Waals surface area contributed by atoms with Gasteiger partial charge >= 0.3 is 0 Å². The molecular formula is C15H13N3OS2. The van der Waals surface area contributed by atoms with Crippen LogP contribution >= 0.6 is 23.1 Å². The number of aromatic nitrogens is 2. The molecule has 3 rings (SSSR count). The fourth-order valence-electron chi connectivity index (χ4n) is 1.94. The minimum absolute atomic E-state index is 0.162. The number of carbonyl (C=O) groups excluding carboxylic acids is 1. The van der Waals surface area contributed by atoms with E-state index < -0.39 is 0 Å². The van der Waals surface area contributed by atoms with E-state index >= 15 is 0 Å². The van der Waals surface area contributed by atoms with Gasteiger partial charge in [-0.15, -0.1) is 10.2 Å². The number of thioether (sulfide) groups is 1. The summed E-state index contributed by atoms with van der Waals surface area (Å²) in [5.74, 6) is 0.776. The van der Waals surface area contributed by atoms with Crippen LogP contribution in [-0.4, -0.2) is 21.9 Å². The minimum atomic E-state index is -0.162. The first-order valence-electron chi connectivity index (χ1n) is 6.52. The van der Waals surface area contributed by atoms with E-state index in [1.54, 1.807) is 11.8 Å². The molecule has 0 fully saturated rings. The predicted octanol–water partition coefficient (Wildman–Crippen LogP) is 4.06. The Morgan fingerprint density at radius 1 is 1.19 bits per heavy atom. The van der Waals surface area contributed by atoms with Gasteiger partial charge in [-0.25, -0.2) is 0 Å². The van der Waals surface area contributed by atoms with E-state index in [-0.39, 0.29) is 5.91 Å². The number of nitrogens with one attached hydrogen (secondary N) is 1. The predicted molar refractivity (Wildman–Crippen MR) is 88.2 cm³/mol. The van der Waals surface area contributed by atoms with Crippen molar-refractivity contribution in [2.45, 2.75) is 11.3 Å². The number of rotatable bonds is 4. The summed E-state index contributed by atoms with van der Waals surface area (Å²) in [5.41, 5.74) is 0.619. The van der Waals surface area contributed by atoms with E-state index in [4.69, 9.17) is 0 Å². The van der Waals surface area contributed by atoms with Gasteiger partial charge in [0.25, 0.3) is 5.91 Å². The average molecular weight is 315 g/mol. The molecule has 0 saturated heterocycles. The van der Waals surface area contributed by atoms with Crippen molar-refractivity contribution in [3.63, 3.8) is 0 Å². The molecule has 106 valence electrons. The highest BCUT2D eigenvalue weighted by Gasteiger charge is 2.10. The molecule has 0 unspecified atom stereocenters. The van der Waals surface area contributed by atoms with E-state index in [0.29, 0.717) is 10.7 Å². The Balaban J connectivity index is 1.79. The van der Waals surface area contributed by atoms with Crippen molar-refractivity contribution in [3.8, 4) is 0 Å². The molecule has 0 spiro atoms. The van der Waals surface area contributed by atoms with Gasteiger partial charge in [-0.05, 0) is 28.7 Å². The minimum Gasteiger partial charge on any atom is -0.296 e. The van der Waals surface area contributed by atoms with Crippen LogP contribution in [0.3, 0.4) is 0 Å². The highest BCUT2D eigenvalue weighted by molar-refractivity contribution is 8.01. The van der Waals surface area contributed by atoms with E-state index in [0.717, 1.165) is 20.9 Å². The standard InChI is InChI=1S/C15H13N3OS2/c1-2-20-15-18-17-14(21-15)16-13(19)12-8-7-10-5-3-4-6-11(10)9-12/h3-9H,2H2,1H3,(H,16,17,19). The van der Waals surface area contributed by atoms with Crippen molar-refractivity contribution in [2.24, 2.45) is 0 Å². The Hall–Kier alpha value is -1.92. The van der Waals surface area contributed by atoms with Crippen LogP contribution in [0.1, 0.15) is 17.3 Å². The third kappa shape index (κ3) is 3.22. The van der Waals surface area contributed by atoms with Crippen LogP contribution in [0.4, 0.5) is 5.13 Å². The first kappa shape index (κ1) is 14.0. The quantitative estimate of drug-likeness (QED) is 0.583. The Morgan fingerprint density at radius 2 is 2.00 bits per heavy atom. The Bertz CT molecular complexity index is 785. The fourth-order valence-corrected chi connectivity index (χ4v) is 3.59. The molecule has 0 bridgehead atoms. The molecule has 21 heavy (non-hydrogen) atoms. The second-order valence-corrected chi connectivity index (χ2v) is 6.81. The average Bonchev–Trinajstić information content (AvgIpc) is 2.94. The zero-order valence-electron chi connectivity index (χ0n) is 11.4. The molecule has 1 N–H and O–H groups in total.